The average Bonchev–Trinajstić information content (AvgIpc) is 2.17. The fraction of sp³-hybridized carbons (Fsp3) is 0.111. The summed E-state index contributed by atoms with van der Waals surface area (Å²) in [5.41, 5.74) is 0.539. The maximum absolute atomic E-state index is 11.1. The molecule has 0 fully saturated rings. The van der Waals surface area contributed by atoms with Gasteiger partial charge in [0.1, 0.15) is 0 Å². The third kappa shape index (κ3) is 1.69. The van der Waals surface area contributed by atoms with E-state index in [1.807, 2.05) is 0 Å². The van der Waals surface area contributed by atoms with Gasteiger partial charge in [0.25, 0.3) is 0 Å². The van der Waals surface area contributed by atoms with Crippen LogP contribution in [0.5, 0.6) is 5.88 Å². The van der Waals surface area contributed by atoms with Crippen LogP contribution in [-0.4, -0.2) is 17.9 Å². The number of hydrogen-bond donors (Lipinski definition) is 0. The molecule has 0 aliphatic rings. The highest BCUT2D eigenvalue weighted by molar-refractivity contribution is 6.04. The number of carbonyl (C=O) groups is 1. The summed E-state index contributed by atoms with van der Waals surface area (Å²) in [4.78, 5) is 14.9. The molecule has 3 heteroatoms. The topological polar surface area (TPSA) is 39.2 Å². The second-order valence-electron chi connectivity index (χ2n) is 2.16. The first-order valence-electron chi connectivity index (χ1n) is 3.44. The molecule has 0 aromatic carbocycles. The Hall–Kier alpha value is -1.64. The molecule has 0 atom stereocenters. The van der Waals surface area contributed by atoms with Crippen molar-refractivity contribution < 1.29 is 9.53 Å². The van der Waals surface area contributed by atoms with Crippen molar-refractivity contribution in [3.8, 4) is 5.88 Å². The average molecular weight is 163 g/mol. The van der Waals surface area contributed by atoms with Gasteiger partial charge in [-0.05, 0) is 12.1 Å². The highest BCUT2D eigenvalue weighted by atomic mass is 16.5. The van der Waals surface area contributed by atoms with Gasteiger partial charge >= 0.3 is 0 Å². The van der Waals surface area contributed by atoms with Crippen molar-refractivity contribution >= 4 is 5.78 Å². The van der Waals surface area contributed by atoms with Crippen LogP contribution >= 0.6 is 0 Å². The van der Waals surface area contributed by atoms with E-state index >= 15 is 0 Å². The lowest BCUT2D eigenvalue weighted by molar-refractivity contribution is 0.104. The van der Waals surface area contributed by atoms with Crippen molar-refractivity contribution in [1.29, 1.82) is 0 Å². The Morgan fingerprint density at radius 3 is 3.08 bits per heavy atom. The van der Waals surface area contributed by atoms with E-state index in [4.69, 9.17) is 4.74 Å². The zero-order valence-corrected chi connectivity index (χ0v) is 6.78. The molecule has 0 aliphatic heterocycles. The highest BCUT2D eigenvalue weighted by Crippen LogP contribution is 2.08. The summed E-state index contributed by atoms with van der Waals surface area (Å²) >= 11 is 0. The van der Waals surface area contributed by atoms with Crippen LogP contribution in [0.4, 0.5) is 0 Å². The molecule has 1 rings (SSSR count). The van der Waals surface area contributed by atoms with Gasteiger partial charge in [-0.2, -0.15) is 0 Å². The van der Waals surface area contributed by atoms with Gasteiger partial charge in [0.15, 0.2) is 5.78 Å². The summed E-state index contributed by atoms with van der Waals surface area (Å²) < 4.78 is 4.85. The van der Waals surface area contributed by atoms with Crippen LogP contribution in [0.2, 0.25) is 0 Å². The molecule has 0 saturated heterocycles. The van der Waals surface area contributed by atoms with Crippen molar-refractivity contribution in [3.63, 3.8) is 0 Å². The number of nitrogens with zero attached hydrogens (tertiary/aromatic N) is 1. The van der Waals surface area contributed by atoms with Gasteiger partial charge in [-0.1, -0.05) is 6.58 Å². The summed E-state index contributed by atoms with van der Waals surface area (Å²) in [5.74, 6) is 0.304. The second-order valence-corrected chi connectivity index (χ2v) is 2.16. The minimum absolute atomic E-state index is 0.129. The molecule has 1 aromatic rings. The molecule has 0 unspecified atom stereocenters. The maximum Gasteiger partial charge on any atom is 0.213 e. The van der Waals surface area contributed by atoms with Gasteiger partial charge in [-0.25, -0.2) is 4.98 Å². The van der Waals surface area contributed by atoms with E-state index in [1.165, 1.54) is 19.4 Å². The van der Waals surface area contributed by atoms with E-state index in [1.54, 1.807) is 12.1 Å². The maximum atomic E-state index is 11.1. The highest BCUT2D eigenvalue weighted by Gasteiger charge is 2.01. The Bertz CT molecular complexity index is 307. The number of aromatic nitrogens is 1. The van der Waals surface area contributed by atoms with Gasteiger partial charge in [0.2, 0.25) is 5.88 Å². The zero-order valence-electron chi connectivity index (χ0n) is 6.78. The normalized spacial score (nSPS) is 9.08. The Morgan fingerprint density at radius 1 is 1.75 bits per heavy atom. The zero-order chi connectivity index (χ0) is 8.97. The minimum atomic E-state index is -0.129. The van der Waals surface area contributed by atoms with Gasteiger partial charge in [-0.3, -0.25) is 4.79 Å². The number of ether oxygens (including phenoxy) is 1. The van der Waals surface area contributed by atoms with Crippen molar-refractivity contribution in [2.45, 2.75) is 0 Å². The fourth-order valence-corrected chi connectivity index (χ4v) is 0.792. The lowest BCUT2D eigenvalue weighted by Crippen LogP contribution is -1.95. The van der Waals surface area contributed by atoms with Crippen LogP contribution in [-0.2, 0) is 0 Å². The predicted octanol–water partition coefficient (Wildman–Crippen LogP) is 1.46. The third-order valence-corrected chi connectivity index (χ3v) is 1.41. The third-order valence-electron chi connectivity index (χ3n) is 1.41. The largest absolute Gasteiger partial charge is 0.481 e. The Morgan fingerprint density at radius 2 is 2.50 bits per heavy atom. The fourth-order valence-electron chi connectivity index (χ4n) is 0.792. The quantitative estimate of drug-likeness (QED) is 0.500. The first-order valence-corrected chi connectivity index (χ1v) is 3.44. The molecule has 0 saturated carbocycles. The first kappa shape index (κ1) is 8.46. The van der Waals surface area contributed by atoms with Crippen LogP contribution < -0.4 is 4.74 Å². The van der Waals surface area contributed by atoms with E-state index in [2.05, 4.69) is 11.6 Å². The summed E-state index contributed by atoms with van der Waals surface area (Å²) in [6, 6.07) is 3.19. The van der Waals surface area contributed by atoms with E-state index in [0.29, 0.717) is 11.4 Å². The second kappa shape index (κ2) is 3.67. The molecule has 1 heterocycles. The summed E-state index contributed by atoms with van der Waals surface area (Å²) in [6.45, 7) is 3.38. The standard InChI is InChI=1S/C9H9NO2/c1-3-8(11)7-4-5-10-9(6-7)12-2/h3-6H,1H2,2H3. The van der Waals surface area contributed by atoms with Gasteiger partial charge in [0, 0.05) is 17.8 Å². The summed E-state index contributed by atoms with van der Waals surface area (Å²) in [6.07, 6.45) is 2.78. The monoisotopic (exact) mass is 163 g/mol. The van der Waals surface area contributed by atoms with E-state index in [-0.39, 0.29) is 5.78 Å². The van der Waals surface area contributed by atoms with Crippen molar-refractivity contribution in [1.82, 2.24) is 4.98 Å². The lowest BCUT2D eigenvalue weighted by Gasteiger charge is -1.98. The Kier molecular flexibility index (Phi) is 2.58. The molecular formula is C9H9NO2. The van der Waals surface area contributed by atoms with Gasteiger partial charge < -0.3 is 4.74 Å². The molecule has 3 nitrogen and oxygen atoms in total. The molecule has 62 valence electrons. The first-order chi connectivity index (χ1) is 5.77. The minimum Gasteiger partial charge on any atom is -0.481 e. The molecule has 0 spiro atoms. The predicted molar refractivity (Wildman–Crippen MR) is 45.3 cm³/mol. The molecule has 0 N–H and O–H groups in total. The number of allylic oxidation sites excluding steroid dienone is 1. The number of pyridine rings is 1. The molecule has 0 amide bonds. The molecule has 0 radical (unpaired) electrons. The molecule has 0 bridgehead atoms. The molecular weight excluding hydrogens is 154 g/mol. The van der Waals surface area contributed by atoms with Crippen LogP contribution in [0.1, 0.15) is 10.4 Å². The van der Waals surface area contributed by atoms with Gasteiger partial charge in [-0.15, -0.1) is 0 Å². The lowest BCUT2D eigenvalue weighted by atomic mass is 10.2. The van der Waals surface area contributed by atoms with Crippen LogP contribution in [0, 0.1) is 0 Å². The molecule has 0 aliphatic carbocycles. The van der Waals surface area contributed by atoms with Crippen molar-refractivity contribution in [2.75, 3.05) is 7.11 Å². The SMILES string of the molecule is C=CC(=O)c1ccnc(OC)c1. The summed E-state index contributed by atoms with van der Waals surface area (Å²) in [7, 11) is 1.50. The molecule has 1 aromatic heterocycles. The van der Waals surface area contributed by atoms with Crippen LogP contribution in [0.15, 0.2) is 31.0 Å². The van der Waals surface area contributed by atoms with Crippen LogP contribution in [0.3, 0.4) is 0 Å². The van der Waals surface area contributed by atoms with Crippen LogP contribution in [0.25, 0.3) is 0 Å². The summed E-state index contributed by atoms with van der Waals surface area (Å²) in [5, 5.41) is 0. The van der Waals surface area contributed by atoms with E-state index in [0.717, 1.165) is 0 Å². The number of methoxy groups -OCH3 is 1. The van der Waals surface area contributed by atoms with Crippen molar-refractivity contribution in [3.05, 3.63) is 36.5 Å². The van der Waals surface area contributed by atoms with E-state index < -0.39 is 0 Å². The smallest absolute Gasteiger partial charge is 0.213 e. The number of hydrogen-bond acceptors (Lipinski definition) is 3. The van der Waals surface area contributed by atoms with Crippen molar-refractivity contribution in [2.24, 2.45) is 0 Å². The number of ketones is 1. The number of carbonyl (C=O) groups excluding carboxylic acids is 1. The Balaban J connectivity index is 3.01. The molecule has 12 heavy (non-hydrogen) atoms. The van der Waals surface area contributed by atoms with E-state index in [9.17, 15) is 4.79 Å². The number of rotatable bonds is 3. The Labute approximate surface area is 70.7 Å². The van der Waals surface area contributed by atoms with Gasteiger partial charge in [0.05, 0.1) is 7.11 Å².